The van der Waals surface area contributed by atoms with E-state index in [2.05, 4.69) is 32.3 Å². The van der Waals surface area contributed by atoms with E-state index in [0.29, 0.717) is 64.2 Å². The molecular weight excluding hydrogens is 1110 g/mol. The lowest BCUT2D eigenvalue weighted by Crippen LogP contribution is -2.42. The number of hydrogen-bond donors (Lipinski definition) is 5. The molecule has 1 aliphatic heterocycles. The van der Waals surface area contributed by atoms with Gasteiger partial charge in [0.2, 0.25) is 11.8 Å². The molecule has 2 atom stereocenters. The molecular formula is C58H60Cl2F4N10O8. The van der Waals surface area contributed by atoms with Crippen molar-refractivity contribution in [2.45, 2.75) is 63.5 Å². The number of rotatable bonds is 21. The number of likely N-dealkylation sites (N-methyl/N-ethyl adjacent to an activating group) is 2. The molecule has 432 valence electrons. The second kappa shape index (κ2) is 30.5. The van der Waals surface area contributed by atoms with E-state index in [9.17, 15) is 46.3 Å². The molecule has 0 saturated heterocycles. The van der Waals surface area contributed by atoms with E-state index in [0.717, 1.165) is 10.3 Å². The lowest BCUT2D eigenvalue weighted by molar-refractivity contribution is -0.133. The van der Waals surface area contributed by atoms with Crippen molar-refractivity contribution in [2.75, 3.05) is 51.0 Å². The van der Waals surface area contributed by atoms with Crippen molar-refractivity contribution in [3.8, 4) is 0 Å². The summed E-state index contributed by atoms with van der Waals surface area (Å²) in [5.41, 5.74) is 7.34. The number of pyridine rings is 2. The Morgan fingerprint density at radius 1 is 0.598 bits per heavy atom. The quantitative estimate of drug-likeness (QED) is 0.0194. The minimum absolute atomic E-state index is 0.00711. The maximum atomic E-state index is 13.9. The van der Waals surface area contributed by atoms with E-state index in [-0.39, 0.29) is 97.2 Å². The van der Waals surface area contributed by atoms with Crippen LogP contribution in [0.25, 0.3) is 21.5 Å². The lowest BCUT2D eigenvalue weighted by Gasteiger charge is -2.28. The van der Waals surface area contributed by atoms with Crippen LogP contribution in [0.1, 0.15) is 70.4 Å². The summed E-state index contributed by atoms with van der Waals surface area (Å²) in [4.78, 5) is 88.9. The van der Waals surface area contributed by atoms with Crippen molar-refractivity contribution >= 4 is 92.2 Å². The van der Waals surface area contributed by atoms with Crippen LogP contribution in [0.15, 0.2) is 122 Å². The number of nitrogens with two attached hydrogens (primary N) is 3. The zero-order chi connectivity index (χ0) is 59.5. The van der Waals surface area contributed by atoms with Gasteiger partial charge in [-0.1, -0.05) is 59.6 Å². The summed E-state index contributed by atoms with van der Waals surface area (Å²) >= 11 is 12.0. The maximum Gasteiger partial charge on any atom is 0.412 e. The van der Waals surface area contributed by atoms with Gasteiger partial charge in [0, 0.05) is 56.6 Å². The highest BCUT2D eigenvalue weighted by atomic mass is 35.5. The van der Waals surface area contributed by atoms with Crippen LogP contribution in [0.5, 0.6) is 0 Å². The molecule has 7 aromatic rings. The molecule has 2 aromatic heterocycles. The number of ether oxygens (including phenoxy) is 2. The number of hydrogen-bond acceptors (Lipinski definition) is 13. The Kier molecular flexibility index (Phi) is 23.4. The highest BCUT2D eigenvalue weighted by Crippen LogP contribution is 2.26. The molecule has 0 radical (unpaired) electrons. The Balaban J connectivity index is 0.000000264. The van der Waals surface area contributed by atoms with Gasteiger partial charge in [-0.2, -0.15) is 0 Å². The third-order valence-corrected chi connectivity index (χ3v) is 14.2. The number of halogens is 6. The molecule has 0 aliphatic carbocycles. The normalized spacial score (nSPS) is 12.3. The molecule has 6 amide bonds. The molecule has 0 fully saturated rings. The molecule has 18 nitrogen and oxygen atoms in total. The first-order valence-electron chi connectivity index (χ1n) is 25.7. The Hall–Kier alpha value is -8.28. The number of benzene rings is 5. The molecule has 24 heteroatoms. The van der Waals surface area contributed by atoms with Gasteiger partial charge in [0.1, 0.15) is 48.1 Å². The van der Waals surface area contributed by atoms with Gasteiger partial charge in [0.05, 0.1) is 33.3 Å². The Morgan fingerprint density at radius 2 is 1.02 bits per heavy atom. The zero-order valence-electron chi connectivity index (χ0n) is 44.7. The van der Waals surface area contributed by atoms with Crippen LogP contribution >= 0.6 is 23.2 Å². The largest absolute Gasteiger partial charge is 0.447 e. The first-order valence-corrected chi connectivity index (χ1v) is 26.5. The van der Waals surface area contributed by atoms with Crippen molar-refractivity contribution in [1.82, 2.24) is 24.7 Å². The van der Waals surface area contributed by atoms with Gasteiger partial charge in [-0.15, -0.1) is 0 Å². The Morgan fingerprint density at radius 3 is 1.45 bits per heavy atom. The van der Waals surface area contributed by atoms with Crippen molar-refractivity contribution < 1.29 is 55.8 Å². The first kappa shape index (κ1) is 62.9. The monoisotopic (exact) mass is 1170 g/mol. The average Bonchev–Trinajstić information content (AvgIpc) is 3.72. The lowest BCUT2D eigenvalue weighted by atomic mass is 10.1. The van der Waals surface area contributed by atoms with E-state index in [4.69, 9.17) is 38.4 Å². The van der Waals surface area contributed by atoms with Gasteiger partial charge in [-0.05, 0) is 140 Å². The fourth-order valence-corrected chi connectivity index (χ4v) is 9.21. The second-order valence-corrected chi connectivity index (χ2v) is 19.4. The predicted octanol–water partition coefficient (Wildman–Crippen LogP) is 9.98. The van der Waals surface area contributed by atoms with Crippen molar-refractivity contribution in [2.24, 2.45) is 17.4 Å². The maximum absolute atomic E-state index is 13.9. The van der Waals surface area contributed by atoms with E-state index < -0.39 is 47.5 Å². The highest BCUT2D eigenvalue weighted by Gasteiger charge is 2.35. The predicted molar refractivity (Wildman–Crippen MR) is 304 cm³/mol. The van der Waals surface area contributed by atoms with Crippen LogP contribution in [-0.2, 0) is 31.9 Å². The molecule has 8 N–H and O–H groups in total. The van der Waals surface area contributed by atoms with Crippen molar-refractivity contribution in [3.63, 3.8) is 0 Å². The number of imide groups is 1. The number of aromatic nitrogens is 2. The van der Waals surface area contributed by atoms with Crippen LogP contribution in [0.3, 0.4) is 0 Å². The second-order valence-electron chi connectivity index (χ2n) is 18.7. The first-order chi connectivity index (χ1) is 39.4. The van der Waals surface area contributed by atoms with E-state index >= 15 is 0 Å². The van der Waals surface area contributed by atoms with Gasteiger partial charge in [0.25, 0.3) is 11.8 Å². The highest BCUT2D eigenvalue weighted by molar-refractivity contribution is 6.31. The molecule has 1 aliphatic rings. The SMILES string of the molecule is CN(C(=O)CCc1cccc(F)c1Cl)[C@@H](CCCN)COC(=O)Nc1cc2cc(F)ccc2cn1.CN(C(=O)CCc1cccc(F)c1Cl)[C@@H](CCCN1C(=O)c2ccccc2C1=O)COC(=O)Nc1cc2cc(F)ccc2cn1.NN. The minimum Gasteiger partial charge on any atom is -0.447 e. The van der Waals surface area contributed by atoms with E-state index in [1.165, 1.54) is 70.7 Å². The van der Waals surface area contributed by atoms with E-state index in [1.54, 1.807) is 74.8 Å². The van der Waals surface area contributed by atoms with Gasteiger partial charge in [-0.25, -0.2) is 37.1 Å². The summed E-state index contributed by atoms with van der Waals surface area (Å²) < 4.78 is 65.4. The average molecular weight is 1170 g/mol. The molecule has 0 saturated carbocycles. The van der Waals surface area contributed by atoms with Gasteiger partial charge >= 0.3 is 12.2 Å². The molecule has 0 spiro atoms. The number of nitrogens with one attached hydrogen (secondary N) is 2. The van der Waals surface area contributed by atoms with Crippen LogP contribution in [-0.4, -0.2) is 113 Å². The number of carbonyl (C=O) groups excluding carboxylic acids is 6. The number of amides is 6. The van der Waals surface area contributed by atoms with Crippen molar-refractivity contribution in [3.05, 3.63) is 177 Å². The molecule has 3 heterocycles. The summed E-state index contributed by atoms with van der Waals surface area (Å²) in [5, 5.41) is 7.53. The minimum atomic E-state index is -0.837. The number of carbonyl (C=O) groups is 6. The summed E-state index contributed by atoms with van der Waals surface area (Å²) in [6, 6.07) is 25.9. The zero-order valence-corrected chi connectivity index (χ0v) is 46.2. The Bertz CT molecular complexity index is 3390. The molecule has 5 aromatic carbocycles. The van der Waals surface area contributed by atoms with Crippen LogP contribution < -0.4 is 28.1 Å². The number of aryl methyl sites for hydroxylation is 2. The fraction of sp³-hybridized carbons (Fsp3) is 0.276. The topological polar surface area (TPSA) is 258 Å². The van der Waals surface area contributed by atoms with Gasteiger partial charge in [0.15, 0.2) is 0 Å². The number of anilines is 2. The molecule has 0 unspecified atom stereocenters. The molecule has 0 bridgehead atoms. The van der Waals surface area contributed by atoms with Crippen molar-refractivity contribution in [1.29, 1.82) is 0 Å². The fourth-order valence-electron chi connectivity index (χ4n) is 8.77. The van der Waals surface area contributed by atoms with Crippen LogP contribution in [0, 0.1) is 23.3 Å². The third-order valence-electron chi connectivity index (χ3n) is 13.3. The smallest absolute Gasteiger partial charge is 0.412 e. The van der Waals surface area contributed by atoms with Crippen LogP contribution in [0.4, 0.5) is 38.8 Å². The number of fused-ring (bicyclic) bond motifs is 3. The van der Waals surface area contributed by atoms with E-state index in [1.807, 2.05) is 0 Å². The third kappa shape index (κ3) is 17.1. The summed E-state index contributed by atoms with van der Waals surface area (Å²) in [7, 11) is 3.18. The number of nitrogens with zero attached hydrogens (tertiary/aromatic N) is 5. The number of hydrazine groups is 1. The summed E-state index contributed by atoms with van der Waals surface area (Å²) in [5.74, 6) is 5.15. The summed E-state index contributed by atoms with van der Waals surface area (Å²) in [6.45, 7) is 0.255. The van der Waals surface area contributed by atoms with Crippen LogP contribution in [0.2, 0.25) is 10.0 Å². The van der Waals surface area contributed by atoms with Gasteiger partial charge in [-0.3, -0.25) is 46.4 Å². The Labute approximate surface area is 479 Å². The van der Waals surface area contributed by atoms with Gasteiger partial charge < -0.3 is 25.0 Å². The standard InChI is InChI=1S/C33H29ClF2N4O5.C25H27ClF2N4O3.H4N2/c1-39(29(41)14-12-20-6-4-10-27(36)30(20)34)24(7-5-15-40-31(42)25-8-2-3-9-26(25)32(40)43)19-45-33(44)38-28-17-22-16-23(35)13-11-21(22)18-37-28;1-32(23(33)10-8-16-4-2-6-21(28)24(16)26)20(5-3-11-29)15-35-25(34)31-22-13-18-12-19(27)9-7-17(18)14-30-22;1-2/h2-4,6,8-11,13,16-18,24H,5,7,12,14-15,19H2,1H3,(H,37,38,44);2,4,6-7,9,12-14,20H,3,5,8,10-11,15,29H2,1H3,(H,30,31,34);1-2H2/t24-;20-;/m00./s1. The molecule has 82 heavy (non-hydrogen) atoms. The molecule has 8 rings (SSSR count). The summed E-state index contributed by atoms with van der Waals surface area (Å²) in [6.07, 6.45) is 3.78.